The molecule has 24 heavy (non-hydrogen) atoms. The Labute approximate surface area is 143 Å². The van der Waals surface area contributed by atoms with Crippen molar-refractivity contribution in [2.45, 2.75) is 52.7 Å². The predicted octanol–water partition coefficient (Wildman–Crippen LogP) is 3.24. The SMILES string of the molecule is Cc1nn(C(C)(C)C)cc1C(C)NC(=O)N(C)Cc1cccnc1. The number of aryl methyl sites for hydroxylation is 1. The summed E-state index contributed by atoms with van der Waals surface area (Å²) in [6, 6.07) is 3.60. The third-order valence-corrected chi connectivity index (χ3v) is 3.92. The van der Waals surface area contributed by atoms with Crippen LogP contribution in [0.1, 0.15) is 50.6 Å². The van der Waals surface area contributed by atoms with Crippen molar-refractivity contribution in [1.82, 2.24) is 25.0 Å². The van der Waals surface area contributed by atoms with Crippen LogP contribution in [0, 0.1) is 6.92 Å². The number of nitrogens with zero attached hydrogens (tertiary/aromatic N) is 4. The zero-order valence-corrected chi connectivity index (χ0v) is 15.4. The summed E-state index contributed by atoms with van der Waals surface area (Å²) < 4.78 is 1.94. The molecule has 0 aromatic carbocycles. The van der Waals surface area contributed by atoms with Gasteiger partial charge in [0.2, 0.25) is 0 Å². The van der Waals surface area contributed by atoms with Crippen LogP contribution in [0.3, 0.4) is 0 Å². The Hall–Kier alpha value is -2.37. The second kappa shape index (κ2) is 7.03. The van der Waals surface area contributed by atoms with Gasteiger partial charge in [-0.3, -0.25) is 9.67 Å². The number of rotatable bonds is 4. The first kappa shape index (κ1) is 18.0. The van der Waals surface area contributed by atoms with Gasteiger partial charge in [0.1, 0.15) is 0 Å². The van der Waals surface area contributed by atoms with Crippen LogP contribution in [-0.2, 0) is 12.1 Å². The molecule has 2 aromatic rings. The van der Waals surface area contributed by atoms with Gasteiger partial charge in [0.25, 0.3) is 0 Å². The molecule has 2 amide bonds. The highest BCUT2D eigenvalue weighted by atomic mass is 16.2. The first-order chi connectivity index (χ1) is 11.2. The van der Waals surface area contributed by atoms with Gasteiger partial charge < -0.3 is 10.2 Å². The van der Waals surface area contributed by atoms with E-state index in [-0.39, 0.29) is 17.6 Å². The number of nitrogens with one attached hydrogen (secondary N) is 1. The highest BCUT2D eigenvalue weighted by Crippen LogP contribution is 2.21. The number of hydrogen-bond acceptors (Lipinski definition) is 3. The van der Waals surface area contributed by atoms with Crippen LogP contribution in [0.15, 0.2) is 30.7 Å². The van der Waals surface area contributed by atoms with Crippen molar-refractivity contribution < 1.29 is 4.79 Å². The zero-order chi connectivity index (χ0) is 17.9. The fourth-order valence-electron chi connectivity index (χ4n) is 2.45. The number of amides is 2. The average molecular weight is 329 g/mol. The predicted molar refractivity (Wildman–Crippen MR) is 94.6 cm³/mol. The summed E-state index contributed by atoms with van der Waals surface area (Å²) in [6.45, 7) is 10.8. The summed E-state index contributed by atoms with van der Waals surface area (Å²) >= 11 is 0. The molecule has 6 nitrogen and oxygen atoms in total. The highest BCUT2D eigenvalue weighted by Gasteiger charge is 2.21. The van der Waals surface area contributed by atoms with Gasteiger partial charge in [-0.25, -0.2) is 4.79 Å². The summed E-state index contributed by atoms with van der Waals surface area (Å²) in [5.74, 6) is 0. The Morgan fingerprint density at radius 1 is 1.42 bits per heavy atom. The fraction of sp³-hybridized carbons (Fsp3) is 0.500. The molecule has 1 unspecified atom stereocenters. The Balaban J connectivity index is 2.02. The average Bonchev–Trinajstić information content (AvgIpc) is 2.90. The Kier molecular flexibility index (Phi) is 5.26. The van der Waals surface area contributed by atoms with Crippen molar-refractivity contribution in [3.63, 3.8) is 0 Å². The minimum atomic E-state index is -0.116. The van der Waals surface area contributed by atoms with Crippen LogP contribution in [0.25, 0.3) is 0 Å². The van der Waals surface area contributed by atoms with Crippen molar-refractivity contribution in [1.29, 1.82) is 0 Å². The Bertz CT molecular complexity index is 687. The van der Waals surface area contributed by atoms with E-state index in [1.54, 1.807) is 24.3 Å². The molecule has 2 heterocycles. The number of urea groups is 1. The molecule has 0 aliphatic carbocycles. The topological polar surface area (TPSA) is 63.1 Å². The number of aromatic nitrogens is 3. The van der Waals surface area contributed by atoms with Gasteiger partial charge in [0.05, 0.1) is 17.3 Å². The summed E-state index contributed by atoms with van der Waals surface area (Å²) in [5.41, 5.74) is 2.89. The molecule has 0 saturated heterocycles. The standard InChI is InChI=1S/C18H27N5O/c1-13(16-12-23(18(3,4)5)21-14(16)2)20-17(24)22(6)11-15-8-7-9-19-10-15/h7-10,12-13H,11H2,1-6H3,(H,20,24). The lowest BCUT2D eigenvalue weighted by atomic mass is 10.1. The second-order valence-electron chi connectivity index (χ2n) is 7.17. The molecule has 1 atom stereocenters. The molecule has 0 spiro atoms. The molecule has 1 N–H and O–H groups in total. The zero-order valence-electron chi connectivity index (χ0n) is 15.4. The summed E-state index contributed by atoms with van der Waals surface area (Å²) in [6.07, 6.45) is 5.51. The van der Waals surface area contributed by atoms with Gasteiger partial charge in [-0.1, -0.05) is 6.07 Å². The van der Waals surface area contributed by atoms with Gasteiger partial charge in [-0.2, -0.15) is 5.10 Å². The summed E-state index contributed by atoms with van der Waals surface area (Å²) in [4.78, 5) is 18.1. The monoisotopic (exact) mass is 329 g/mol. The molecule has 0 saturated carbocycles. The van der Waals surface area contributed by atoms with Crippen molar-refractivity contribution in [3.8, 4) is 0 Å². The molecule has 0 bridgehead atoms. The third kappa shape index (κ3) is 4.34. The third-order valence-electron chi connectivity index (χ3n) is 3.92. The van der Waals surface area contributed by atoms with Crippen molar-refractivity contribution in [2.24, 2.45) is 0 Å². The molecule has 130 valence electrons. The second-order valence-corrected chi connectivity index (χ2v) is 7.17. The van der Waals surface area contributed by atoms with Crippen molar-refractivity contribution >= 4 is 6.03 Å². The number of hydrogen-bond donors (Lipinski definition) is 1. The van der Waals surface area contributed by atoms with Gasteiger partial charge in [-0.05, 0) is 46.2 Å². The molecular weight excluding hydrogens is 302 g/mol. The van der Waals surface area contributed by atoms with E-state index in [4.69, 9.17) is 0 Å². The molecule has 0 aliphatic rings. The lowest BCUT2D eigenvalue weighted by Gasteiger charge is -2.21. The minimum absolute atomic E-state index is 0.0795. The number of carbonyl (C=O) groups is 1. The van der Waals surface area contributed by atoms with Crippen LogP contribution in [0.5, 0.6) is 0 Å². The van der Waals surface area contributed by atoms with Crippen LogP contribution in [0.2, 0.25) is 0 Å². The van der Waals surface area contributed by atoms with E-state index < -0.39 is 0 Å². The molecule has 6 heteroatoms. The first-order valence-electron chi connectivity index (χ1n) is 8.15. The van der Waals surface area contributed by atoms with Gasteiger partial charge in [0.15, 0.2) is 0 Å². The lowest BCUT2D eigenvalue weighted by Crippen LogP contribution is -2.38. The minimum Gasteiger partial charge on any atom is -0.331 e. The molecule has 2 aromatic heterocycles. The van der Waals surface area contributed by atoms with E-state index >= 15 is 0 Å². The van der Waals surface area contributed by atoms with Crippen LogP contribution in [-0.4, -0.2) is 32.7 Å². The van der Waals surface area contributed by atoms with E-state index in [0.717, 1.165) is 16.8 Å². The summed E-state index contributed by atoms with van der Waals surface area (Å²) in [7, 11) is 1.78. The van der Waals surface area contributed by atoms with Crippen LogP contribution in [0.4, 0.5) is 4.79 Å². The molecular formula is C18H27N5O. The number of pyridine rings is 1. The highest BCUT2D eigenvalue weighted by molar-refractivity contribution is 5.74. The van der Waals surface area contributed by atoms with E-state index in [1.165, 1.54) is 0 Å². The largest absolute Gasteiger partial charge is 0.331 e. The van der Waals surface area contributed by atoms with Crippen LogP contribution >= 0.6 is 0 Å². The maximum atomic E-state index is 12.4. The van der Waals surface area contributed by atoms with Crippen molar-refractivity contribution in [3.05, 3.63) is 47.5 Å². The smallest absolute Gasteiger partial charge is 0.317 e. The molecule has 0 radical (unpaired) electrons. The van der Waals surface area contributed by atoms with Gasteiger partial charge >= 0.3 is 6.03 Å². The molecule has 0 aliphatic heterocycles. The lowest BCUT2D eigenvalue weighted by molar-refractivity contribution is 0.203. The van der Waals surface area contributed by atoms with Gasteiger partial charge in [-0.15, -0.1) is 0 Å². The Morgan fingerprint density at radius 3 is 2.67 bits per heavy atom. The molecule has 0 fully saturated rings. The van der Waals surface area contributed by atoms with Gasteiger partial charge in [0, 0.05) is 37.7 Å². The van der Waals surface area contributed by atoms with E-state index in [9.17, 15) is 4.79 Å². The van der Waals surface area contributed by atoms with Crippen LogP contribution < -0.4 is 5.32 Å². The van der Waals surface area contributed by atoms with E-state index in [2.05, 4.69) is 36.2 Å². The maximum Gasteiger partial charge on any atom is 0.317 e. The fourth-order valence-corrected chi connectivity index (χ4v) is 2.45. The van der Waals surface area contributed by atoms with E-state index in [1.807, 2.05) is 36.9 Å². The quantitative estimate of drug-likeness (QED) is 0.936. The van der Waals surface area contributed by atoms with E-state index in [0.29, 0.717) is 6.54 Å². The number of carbonyl (C=O) groups excluding carboxylic acids is 1. The maximum absolute atomic E-state index is 12.4. The summed E-state index contributed by atoms with van der Waals surface area (Å²) in [5, 5.41) is 7.60. The normalized spacial score (nSPS) is 12.8. The Morgan fingerprint density at radius 2 is 2.12 bits per heavy atom. The van der Waals surface area contributed by atoms with Crippen molar-refractivity contribution in [2.75, 3.05) is 7.05 Å². The first-order valence-corrected chi connectivity index (χ1v) is 8.15. The molecule has 2 rings (SSSR count).